The van der Waals surface area contributed by atoms with Gasteiger partial charge in [-0.1, -0.05) is 10.8 Å². The molecule has 11 heavy (non-hydrogen) atoms. The minimum absolute atomic E-state index is 0.0208. The largest absolute Gasteiger partial charge is 0.477 e. The highest BCUT2D eigenvalue weighted by atomic mass is 33.1. The Kier molecular flexibility index (Phi) is 5.35. The van der Waals surface area contributed by atoms with Crippen LogP contribution >= 0.6 is 21.6 Å². The molecular formula is C5H10NO3S2+. The minimum atomic E-state index is -0.929. The van der Waals surface area contributed by atoms with Gasteiger partial charge in [0, 0.05) is 6.92 Å². The van der Waals surface area contributed by atoms with Crippen molar-refractivity contribution < 1.29 is 20.4 Å². The van der Waals surface area contributed by atoms with Gasteiger partial charge in [0.05, 0.1) is 5.75 Å². The van der Waals surface area contributed by atoms with Gasteiger partial charge in [0.2, 0.25) is 0 Å². The number of rotatable bonds is 4. The molecule has 1 unspecified atom stereocenters. The topological polar surface area (TPSA) is 82.0 Å². The molecule has 64 valence electrons. The summed E-state index contributed by atoms with van der Waals surface area (Å²) in [7, 11) is 2.27. The molecular weight excluding hydrogens is 186 g/mol. The van der Waals surface area contributed by atoms with Gasteiger partial charge < -0.3 is 10.8 Å². The Hall–Kier alpha value is -0.200. The van der Waals surface area contributed by atoms with Crippen LogP contribution in [0.3, 0.4) is 0 Å². The summed E-state index contributed by atoms with van der Waals surface area (Å²) in [5.74, 6) is -0.568. The molecule has 0 aromatic carbocycles. The van der Waals surface area contributed by atoms with E-state index in [0.29, 0.717) is 5.75 Å². The van der Waals surface area contributed by atoms with Crippen LogP contribution < -0.4 is 5.73 Å². The average Bonchev–Trinajstić information content (AvgIpc) is 1.86. The Morgan fingerprint density at radius 3 is 2.55 bits per heavy atom. The summed E-state index contributed by atoms with van der Waals surface area (Å²) in [5, 5.41) is 8.36. The van der Waals surface area contributed by atoms with Gasteiger partial charge in [-0.05, 0) is 10.8 Å². The van der Waals surface area contributed by atoms with Crippen molar-refractivity contribution in [2.45, 2.75) is 13.0 Å². The SMILES string of the molecule is CC(=O)SSCC([NH3+])C(=O)O. The minimum Gasteiger partial charge on any atom is -0.477 e. The van der Waals surface area contributed by atoms with Gasteiger partial charge in [0.15, 0.2) is 11.2 Å². The zero-order valence-corrected chi connectivity index (χ0v) is 7.70. The zero-order valence-electron chi connectivity index (χ0n) is 6.07. The number of carboxylic acid groups (broad SMARTS) is 1. The number of quaternary nitrogens is 1. The number of carbonyl (C=O) groups is 2. The molecule has 4 nitrogen and oxygen atoms in total. The molecule has 4 N–H and O–H groups in total. The predicted molar refractivity (Wildman–Crippen MR) is 45.0 cm³/mol. The van der Waals surface area contributed by atoms with Gasteiger partial charge in [-0.3, -0.25) is 4.79 Å². The van der Waals surface area contributed by atoms with E-state index in [9.17, 15) is 9.59 Å². The van der Waals surface area contributed by atoms with E-state index in [1.807, 2.05) is 0 Å². The highest BCUT2D eigenvalue weighted by Crippen LogP contribution is 2.21. The summed E-state index contributed by atoms with van der Waals surface area (Å²) in [6.07, 6.45) is 0. The average molecular weight is 196 g/mol. The third kappa shape index (κ3) is 6.21. The van der Waals surface area contributed by atoms with Crippen molar-refractivity contribution in [3.8, 4) is 0 Å². The van der Waals surface area contributed by atoms with Crippen LogP contribution in [0.1, 0.15) is 6.92 Å². The fourth-order valence-corrected chi connectivity index (χ4v) is 2.01. The van der Waals surface area contributed by atoms with E-state index < -0.39 is 12.0 Å². The van der Waals surface area contributed by atoms with Crippen molar-refractivity contribution >= 4 is 32.7 Å². The van der Waals surface area contributed by atoms with Crippen LogP contribution in [-0.4, -0.2) is 28.0 Å². The van der Waals surface area contributed by atoms with E-state index in [0.717, 1.165) is 10.8 Å². The third-order valence-corrected chi connectivity index (χ3v) is 3.15. The van der Waals surface area contributed by atoms with Crippen LogP contribution in [0.5, 0.6) is 0 Å². The molecule has 0 aliphatic carbocycles. The molecule has 0 heterocycles. The Morgan fingerprint density at radius 1 is 1.64 bits per heavy atom. The molecule has 0 saturated heterocycles. The van der Waals surface area contributed by atoms with Crippen molar-refractivity contribution in [1.29, 1.82) is 0 Å². The van der Waals surface area contributed by atoms with E-state index in [-0.39, 0.29) is 5.12 Å². The van der Waals surface area contributed by atoms with E-state index in [1.165, 1.54) is 17.7 Å². The molecule has 0 rings (SSSR count). The second-order valence-corrected chi connectivity index (χ2v) is 4.41. The van der Waals surface area contributed by atoms with Crippen LogP contribution in [-0.2, 0) is 9.59 Å². The van der Waals surface area contributed by atoms with Gasteiger partial charge in [-0.25, -0.2) is 4.79 Å². The maximum absolute atomic E-state index is 10.4. The standard InChI is InChI=1S/C5H9NO3S2/c1-3(7)11-10-2-4(6)5(8)9/h4H,2,6H2,1H3,(H,8,9)/p+1. The predicted octanol–water partition coefficient (Wildman–Crippen LogP) is -0.391. The molecule has 0 aliphatic heterocycles. The van der Waals surface area contributed by atoms with E-state index in [4.69, 9.17) is 5.11 Å². The molecule has 1 atom stereocenters. The monoisotopic (exact) mass is 196 g/mol. The number of carboxylic acids is 1. The summed E-state index contributed by atoms with van der Waals surface area (Å²) in [4.78, 5) is 20.6. The fourth-order valence-electron chi connectivity index (χ4n) is 0.270. The highest BCUT2D eigenvalue weighted by molar-refractivity contribution is 8.82. The van der Waals surface area contributed by atoms with Gasteiger partial charge in [-0.15, -0.1) is 0 Å². The lowest BCUT2D eigenvalue weighted by molar-refractivity contribution is -0.400. The zero-order chi connectivity index (χ0) is 8.85. The van der Waals surface area contributed by atoms with E-state index in [1.54, 1.807) is 0 Å². The Morgan fingerprint density at radius 2 is 2.18 bits per heavy atom. The highest BCUT2D eigenvalue weighted by Gasteiger charge is 2.15. The Labute approximate surface area is 72.3 Å². The van der Waals surface area contributed by atoms with E-state index >= 15 is 0 Å². The number of carbonyl (C=O) groups excluding carboxylic acids is 1. The summed E-state index contributed by atoms with van der Waals surface area (Å²) < 4.78 is 0. The molecule has 0 bridgehead atoms. The second kappa shape index (κ2) is 5.45. The van der Waals surface area contributed by atoms with Gasteiger partial charge in [0.25, 0.3) is 0 Å². The van der Waals surface area contributed by atoms with Gasteiger partial charge >= 0.3 is 5.97 Å². The van der Waals surface area contributed by atoms with Crippen LogP contribution in [0, 0.1) is 0 Å². The first kappa shape index (κ1) is 10.8. The summed E-state index contributed by atoms with van der Waals surface area (Å²) in [5.41, 5.74) is 3.39. The smallest absolute Gasteiger partial charge is 0.363 e. The van der Waals surface area contributed by atoms with Crippen molar-refractivity contribution in [2.24, 2.45) is 0 Å². The first-order valence-electron chi connectivity index (χ1n) is 2.90. The molecule has 0 radical (unpaired) electrons. The molecule has 0 aromatic rings. The first-order chi connectivity index (χ1) is 5.04. The van der Waals surface area contributed by atoms with Crippen LogP contribution in [0.25, 0.3) is 0 Å². The van der Waals surface area contributed by atoms with Crippen molar-refractivity contribution in [3.05, 3.63) is 0 Å². The Balaban J connectivity index is 3.39. The molecule has 0 aromatic heterocycles. The lowest BCUT2D eigenvalue weighted by Crippen LogP contribution is -2.66. The Bertz CT molecular complexity index is 162. The normalized spacial score (nSPS) is 12.5. The molecule has 0 amide bonds. The fraction of sp³-hybridized carbons (Fsp3) is 0.600. The molecule has 6 heteroatoms. The maximum Gasteiger partial charge on any atom is 0.363 e. The number of aliphatic carboxylic acids is 1. The maximum atomic E-state index is 10.4. The van der Waals surface area contributed by atoms with Crippen LogP contribution in [0.2, 0.25) is 0 Å². The second-order valence-electron chi connectivity index (χ2n) is 1.89. The third-order valence-electron chi connectivity index (χ3n) is 0.795. The molecule has 0 spiro atoms. The van der Waals surface area contributed by atoms with Crippen molar-refractivity contribution in [1.82, 2.24) is 0 Å². The lowest BCUT2D eigenvalue weighted by atomic mass is 10.4. The number of hydrogen-bond acceptors (Lipinski definition) is 4. The first-order valence-corrected chi connectivity index (χ1v) is 5.22. The lowest BCUT2D eigenvalue weighted by Gasteiger charge is -1.99. The van der Waals surface area contributed by atoms with Crippen molar-refractivity contribution in [2.75, 3.05) is 5.75 Å². The quantitative estimate of drug-likeness (QED) is 0.598. The van der Waals surface area contributed by atoms with Crippen LogP contribution in [0.4, 0.5) is 0 Å². The summed E-state index contributed by atoms with van der Waals surface area (Å²) in [6, 6.07) is -0.633. The number of hydrogen-bond donors (Lipinski definition) is 2. The van der Waals surface area contributed by atoms with Gasteiger partial charge in [0.1, 0.15) is 0 Å². The van der Waals surface area contributed by atoms with Crippen molar-refractivity contribution in [3.63, 3.8) is 0 Å². The van der Waals surface area contributed by atoms with Gasteiger partial charge in [-0.2, -0.15) is 0 Å². The molecule has 0 saturated carbocycles. The summed E-state index contributed by atoms with van der Waals surface area (Å²) >= 11 is 0. The van der Waals surface area contributed by atoms with E-state index in [2.05, 4.69) is 5.73 Å². The van der Waals surface area contributed by atoms with Crippen LogP contribution in [0.15, 0.2) is 0 Å². The molecule has 0 aliphatic rings. The molecule has 0 fully saturated rings. The summed E-state index contributed by atoms with van der Waals surface area (Å²) in [6.45, 7) is 1.44.